The highest BCUT2D eigenvalue weighted by Crippen LogP contribution is 2.14. The van der Waals surface area contributed by atoms with Gasteiger partial charge in [-0.3, -0.25) is 9.59 Å². The van der Waals surface area contributed by atoms with Gasteiger partial charge >= 0.3 is 5.97 Å². The van der Waals surface area contributed by atoms with E-state index in [2.05, 4.69) is 5.32 Å². The summed E-state index contributed by atoms with van der Waals surface area (Å²) in [5.74, 6) is -1.11. The molecule has 0 aromatic carbocycles. The molecule has 4 N–H and O–H groups in total. The van der Waals surface area contributed by atoms with Gasteiger partial charge in [0.1, 0.15) is 0 Å². The van der Waals surface area contributed by atoms with E-state index in [1.807, 2.05) is 20.8 Å². The summed E-state index contributed by atoms with van der Waals surface area (Å²) < 4.78 is 0. The molecule has 1 unspecified atom stereocenters. The number of carbonyl (C=O) groups is 2. The van der Waals surface area contributed by atoms with E-state index in [1.54, 1.807) is 0 Å². The standard InChI is InChI=1S/C12H24N2O3/c1-4-5-9(8-13)11(17)14-12(2,3)7-6-10(15)16/h9H,4-8,13H2,1-3H3,(H,14,17)(H,15,16). The van der Waals surface area contributed by atoms with Gasteiger partial charge in [0.05, 0.1) is 5.92 Å². The van der Waals surface area contributed by atoms with Crippen LogP contribution in [0.3, 0.4) is 0 Å². The van der Waals surface area contributed by atoms with E-state index < -0.39 is 11.5 Å². The smallest absolute Gasteiger partial charge is 0.303 e. The summed E-state index contributed by atoms with van der Waals surface area (Å²) in [7, 11) is 0. The molecule has 0 spiro atoms. The van der Waals surface area contributed by atoms with E-state index in [4.69, 9.17) is 10.8 Å². The van der Waals surface area contributed by atoms with Crippen molar-refractivity contribution in [2.75, 3.05) is 6.54 Å². The van der Waals surface area contributed by atoms with Crippen LogP contribution in [0.25, 0.3) is 0 Å². The lowest BCUT2D eigenvalue weighted by Gasteiger charge is -2.28. The second-order valence-electron chi connectivity index (χ2n) is 4.99. The van der Waals surface area contributed by atoms with Gasteiger partial charge in [0.25, 0.3) is 0 Å². The molecule has 5 heteroatoms. The SMILES string of the molecule is CCCC(CN)C(=O)NC(C)(C)CCC(=O)O. The van der Waals surface area contributed by atoms with Crippen LogP contribution < -0.4 is 11.1 Å². The Bertz CT molecular complexity index is 264. The minimum Gasteiger partial charge on any atom is -0.481 e. The topological polar surface area (TPSA) is 92.4 Å². The number of carbonyl (C=O) groups excluding carboxylic acids is 1. The molecule has 0 aromatic rings. The first-order chi connectivity index (χ1) is 7.82. The molecule has 0 bridgehead atoms. The quantitative estimate of drug-likeness (QED) is 0.596. The van der Waals surface area contributed by atoms with Gasteiger partial charge in [0.2, 0.25) is 5.91 Å². The second-order valence-corrected chi connectivity index (χ2v) is 4.99. The Morgan fingerprint density at radius 2 is 2.00 bits per heavy atom. The first kappa shape index (κ1) is 15.9. The van der Waals surface area contributed by atoms with Crippen molar-refractivity contribution in [1.82, 2.24) is 5.32 Å². The number of hydrogen-bond acceptors (Lipinski definition) is 3. The number of rotatable bonds is 8. The van der Waals surface area contributed by atoms with Crippen LogP contribution in [0.5, 0.6) is 0 Å². The monoisotopic (exact) mass is 244 g/mol. The molecule has 100 valence electrons. The molecule has 17 heavy (non-hydrogen) atoms. The number of nitrogens with two attached hydrogens (primary N) is 1. The maximum Gasteiger partial charge on any atom is 0.303 e. The van der Waals surface area contributed by atoms with Gasteiger partial charge in [-0.05, 0) is 26.7 Å². The van der Waals surface area contributed by atoms with E-state index >= 15 is 0 Å². The van der Waals surface area contributed by atoms with Crippen LogP contribution >= 0.6 is 0 Å². The Balaban J connectivity index is 4.28. The molecular weight excluding hydrogens is 220 g/mol. The minimum absolute atomic E-state index is 0.0499. The summed E-state index contributed by atoms with van der Waals surface area (Å²) in [6, 6.07) is 0. The van der Waals surface area contributed by atoms with Crippen LogP contribution in [0.1, 0.15) is 46.5 Å². The fourth-order valence-corrected chi connectivity index (χ4v) is 1.62. The largest absolute Gasteiger partial charge is 0.481 e. The van der Waals surface area contributed by atoms with Crippen molar-refractivity contribution in [3.63, 3.8) is 0 Å². The molecule has 0 aromatic heterocycles. The van der Waals surface area contributed by atoms with Gasteiger partial charge in [0, 0.05) is 18.5 Å². The van der Waals surface area contributed by atoms with Gasteiger partial charge in [-0.1, -0.05) is 13.3 Å². The number of nitrogens with one attached hydrogen (secondary N) is 1. The summed E-state index contributed by atoms with van der Waals surface area (Å²) in [6.45, 7) is 5.99. The number of hydrogen-bond donors (Lipinski definition) is 3. The van der Waals surface area contributed by atoms with Crippen LogP contribution in [-0.4, -0.2) is 29.1 Å². The lowest BCUT2D eigenvalue weighted by molar-refractivity contribution is -0.138. The molecule has 0 rings (SSSR count). The van der Waals surface area contributed by atoms with Crippen LogP contribution in [-0.2, 0) is 9.59 Å². The van der Waals surface area contributed by atoms with E-state index in [-0.39, 0.29) is 18.2 Å². The first-order valence-corrected chi connectivity index (χ1v) is 6.06. The number of carboxylic acid groups (broad SMARTS) is 1. The Labute approximate surface area is 103 Å². The molecule has 1 amide bonds. The van der Waals surface area contributed by atoms with Gasteiger partial charge in [-0.15, -0.1) is 0 Å². The fraction of sp³-hybridized carbons (Fsp3) is 0.833. The van der Waals surface area contributed by atoms with Gasteiger partial charge in [0.15, 0.2) is 0 Å². The highest BCUT2D eigenvalue weighted by atomic mass is 16.4. The average Bonchev–Trinajstić information content (AvgIpc) is 2.22. The summed E-state index contributed by atoms with van der Waals surface area (Å²) in [5, 5.41) is 11.5. The summed E-state index contributed by atoms with van der Waals surface area (Å²) in [6.07, 6.45) is 2.13. The Morgan fingerprint density at radius 3 is 2.41 bits per heavy atom. The molecule has 0 saturated carbocycles. The van der Waals surface area contributed by atoms with Crippen LogP contribution in [0.15, 0.2) is 0 Å². The van der Waals surface area contributed by atoms with Crippen molar-refractivity contribution in [1.29, 1.82) is 0 Å². The van der Waals surface area contributed by atoms with E-state index in [9.17, 15) is 9.59 Å². The Hall–Kier alpha value is -1.10. The van der Waals surface area contributed by atoms with Crippen LogP contribution in [0.2, 0.25) is 0 Å². The molecule has 0 saturated heterocycles. The number of aliphatic carboxylic acids is 1. The third-order valence-electron chi connectivity index (χ3n) is 2.72. The number of carboxylic acids is 1. The molecule has 1 atom stereocenters. The highest BCUT2D eigenvalue weighted by molar-refractivity contribution is 5.79. The zero-order valence-corrected chi connectivity index (χ0v) is 11.0. The first-order valence-electron chi connectivity index (χ1n) is 6.06. The van der Waals surface area contributed by atoms with Crippen molar-refractivity contribution >= 4 is 11.9 Å². The summed E-state index contributed by atoms with van der Waals surface area (Å²) >= 11 is 0. The van der Waals surface area contributed by atoms with Gasteiger partial charge in [-0.2, -0.15) is 0 Å². The summed E-state index contributed by atoms with van der Waals surface area (Å²) in [5.41, 5.74) is 5.04. The number of amides is 1. The van der Waals surface area contributed by atoms with Gasteiger partial charge in [-0.25, -0.2) is 0 Å². The van der Waals surface area contributed by atoms with Crippen molar-refractivity contribution in [3.05, 3.63) is 0 Å². The van der Waals surface area contributed by atoms with E-state index in [1.165, 1.54) is 0 Å². The molecule has 0 aliphatic carbocycles. The van der Waals surface area contributed by atoms with Crippen LogP contribution in [0, 0.1) is 5.92 Å². The molecule has 5 nitrogen and oxygen atoms in total. The van der Waals surface area contributed by atoms with Crippen molar-refractivity contribution < 1.29 is 14.7 Å². The predicted octanol–water partition coefficient (Wildman–Crippen LogP) is 1.12. The third kappa shape index (κ3) is 6.94. The fourth-order valence-electron chi connectivity index (χ4n) is 1.62. The zero-order valence-electron chi connectivity index (χ0n) is 11.0. The molecule has 0 fully saturated rings. The van der Waals surface area contributed by atoms with E-state index in [0.29, 0.717) is 13.0 Å². The molecule has 0 heterocycles. The zero-order chi connectivity index (χ0) is 13.5. The predicted molar refractivity (Wildman–Crippen MR) is 66.5 cm³/mol. The summed E-state index contributed by atoms with van der Waals surface area (Å²) in [4.78, 5) is 22.4. The highest BCUT2D eigenvalue weighted by Gasteiger charge is 2.25. The maximum absolute atomic E-state index is 11.9. The van der Waals surface area contributed by atoms with E-state index in [0.717, 1.165) is 12.8 Å². The molecule has 0 radical (unpaired) electrons. The second kappa shape index (κ2) is 7.27. The maximum atomic E-state index is 11.9. The lowest BCUT2D eigenvalue weighted by Crippen LogP contribution is -2.47. The normalized spacial score (nSPS) is 13.2. The van der Waals surface area contributed by atoms with Crippen molar-refractivity contribution in [2.45, 2.75) is 52.0 Å². The minimum atomic E-state index is -0.851. The molecule has 0 aliphatic rings. The Kier molecular flexibility index (Phi) is 6.80. The van der Waals surface area contributed by atoms with Crippen molar-refractivity contribution in [2.24, 2.45) is 11.7 Å². The Morgan fingerprint density at radius 1 is 1.41 bits per heavy atom. The van der Waals surface area contributed by atoms with Gasteiger partial charge < -0.3 is 16.2 Å². The van der Waals surface area contributed by atoms with Crippen LogP contribution in [0.4, 0.5) is 0 Å². The lowest BCUT2D eigenvalue weighted by atomic mass is 9.95. The molecular formula is C12H24N2O3. The van der Waals surface area contributed by atoms with Crippen molar-refractivity contribution in [3.8, 4) is 0 Å². The third-order valence-corrected chi connectivity index (χ3v) is 2.72. The average molecular weight is 244 g/mol. The molecule has 0 aliphatic heterocycles.